The normalized spacial score (nSPS) is 58.8. The fourth-order valence-corrected chi connectivity index (χ4v) is 10.5. The Hall–Kier alpha value is -0.930. The van der Waals surface area contributed by atoms with Crippen LogP contribution in [0, 0.1) is 34.5 Å². The van der Waals surface area contributed by atoms with Gasteiger partial charge in [-0.3, -0.25) is 4.79 Å². The second-order valence-electron chi connectivity index (χ2n) is 14.2. The van der Waals surface area contributed by atoms with Gasteiger partial charge in [-0.15, -0.1) is 0 Å². The van der Waals surface area contributed by atoms with E-state index in [0.29, 0.717) is 25.9 Å². The number of esters is 1. The molecule has 2 aliphatic heterocycles. The van der Waals surface area contributed by atoms with Gasteiger partial charge in [0.2, 0.25) is 0 Å². The van der Waals surface area contributed by atoms with Crippen molar-refractivity contribution >= 4 is 5.97 Å². The maximum atomic E-state index is 12.4. The van der Waals surface area contributed by atoms with E-state index >= 15 is 0 Å². The van der Waals surface area contributed by atoms with E-state index in [0.717, 1.165) is 0 Å². The van der Waals surface area contributed by atoms with Gasteiger partial charge in [-0.25, -0.2) is 0 Å². The van der Waals surface area contributed by atoms with Crippen LogP contribution in [0.15, 0.2) is 0 Å². The van der Waals surface area contributed by atoms with Crippen LogP contribution < -0.4 is 0 Å². The number of hydrogen-bond acceptors (Lipinski definition) is 12. The summed E-state index contributed by atoms with van der Waals surface area (Å²) >= 11 is 0. The van der Waals surface area contributed by atoms with Crippen LogP contribution in [0.4, 0.5) is 0 Å². The van der Waals surface area contributed by atoms with Crippen LogP contribution in [0.1, 0.15) is 65.2 Å². The summed E-state index contributed by atoms with van der Waals surface area (Å²) in [7, 11) is 0. The molecular weight excluding hydrogens is 540 g/mol. The van der Waals surface area contributed by atoms with Crippen LogP contribution >= 0.6 is 0 Å². The van der Waals surface area contributed by atoms with E-state index in [1.807, 2.05) is 6.92 Å². The summed E-state index contributed by atoms with van der Waals surface area (Å²) in [5.41, 5.74) is -5.13. The molecule has 12 nitrogen and oxygen atoms in total. The summed E-state index contributed by atoms with van der Waals surface area (Å²) in [6, 6.07) is 0. The maximum absolute atomic E-state index is 12.4. The van der Waals surface area contributed by atoms with E-state index in [9.17, 15) is 45.6 Å². The SMILES string of the molecule is C[C@@H]1O[C@@H](O[C@H]2C[C@@H](O)[C@]3(CO)[C@H]4[C@H](O)C[C@]5(C)[C@@H](C6COC(=O)C6)CC[C@]5(O)[C@@H]4CC[C@]3(O)C2)[C@H](O)[C@H](O)[C@H]1O. The highest BCUT2D eigenvalue weighted by Crippen LogP contribution is 2.71. The monoisotopic (exact) mass is 586 g/mol. The molecule has 0 radical (unpaired) electrons. The Labute approximate surface area is 239 Å². The third-order valence-electron chi connectivity index (χ3n) is 12.6. The maximum Gasteiger partial charge on any atom is 0.306 e. The lowest BCUT2D eigenvalue weighted by atomic mass is 9.40. The van der Waals surface area contributed by atoms with Crippen molar-refractivity contribution in [3.63, 3.8) is 0 Å². The van der Waals surface area contributed by atoms with Crippen molar-refractivity contribution in [1.29, 1.82) is 0 Å². The van der Waals surface area contributed by atoms with Crippen LogP contribution in [0.25, 0.3) is 0 Å². The van der Waals surface area contributed by atoms with Gasteiger partial charge in [0.1, 0.15) is 18.3 Å². The quantitative estimate of drug-likeness (QED) is 0.141. The van der Waals surface area contributed by atoms with Crippen LogP contribution in [0.3, 0.4) is 0 Å². The molecule has 12 heteroatoms. The predicted octanol–water partition coefficient (Wildman–Crippen LogP) is -1.44. The molecule has 0 amide bonds. The average Bonchev–Trinajstić information content (AvgIpc) is 3.45. The van der Waals surface area contributed by atoms with E-state index in [-0.39, 0.29) is 49.9 Å². The molecule has 0 aromatic carbocycles. The van der Waals surface area contributed by atoms with Gasteiger partial charge in [-0.1, -0.05) is 6.92 Å². The number of cyclic esters (lactones) is 1. The molecule has 16 atom stereocenters. The number of carbonyl (C=O) groups is 1. The van der Waals surface area contributed by atoms with E-state index in [2.05, 4.69) is 0 Å². The second-order valence-corrected chi connectivity index (χ2v) is 14.2. The highest BCUT2D eigenvalue weighted by molar-refractivity contribution is 5.71. The number of fused-ring (bicyclic) bond motifs is 5. The third-order valence-corrected chi connectivity index (χ3v) is 12.6. The van der Waals surface area contributed by atoms with Gasteiger partial charge in [0.25, 0.3) is 0 Å². The van der Waals surface area contributed by atoms with Crippen molar-refractivity contribution in [3.8, 4) is 0 Å². The number of rotatable bonds is 4. The molecule has 8 N–H and O–H groups in total. The molecular formula is C29H46O12. The summed E-state index contributed by atoms with van der Waals surface area (Å²) < 4.78 is 16.8. The van der Waals surface area contributed by atoms with Gasteiger partial charge in [0.05, 0.1) is 60.7 Å². The number of aliphatic hydroxyl groups is 8. The molecule has 0 spiro atoms. The molecule has 234 valence electrons. The van der Waals surface area contributed by atoms with Gasteiger partial charge >= 0.3 is 5.97 Å². The van der Waals surface area contributed by atoms with Crippen LogP contribution in [0.2, 0.25) is 0 Å². The van der Waals surface area contributed by atoms with E-state index in [1.165, 1.54) is 6.92 Å². The molecule has 0 aromatic heterocycles. The lowest BCUT2D eigenvalue weighted by Crippen LogP contribution is -2.76. The highest BCUT2D eigenvalue weighted by Gasteiger charge is 2.75. The lowest BCUT2D eigenvalue weighted by Gasteiger charge is -2.68. The zero-order chi connectivity index (χ0) is 29.7. The number of carbonyl (C=O) groups excluding carboxylic acids is 1. The van der Waals surface area contributed by atoms with Crippen molar-refractivity contribution in [2.45, 2.75) is 125 Å². The molecule has 6 rings (SSSR count). The van der Waals surface area contributed by atoms with Gasteiger partial charge in [0, 0.05) is 30.1 Å². The molecule has 0 aromatic rings. The number of ether oxygens (including phenoxy) is 3. The van der Waals surface area contributed by atoms with Crippen molar-refractivity contribution in [2.24, 2.45) is 34.5 Å². The number of aliphatic hydroxyl groups excluding tert-OH is 6. The molecule has 0 bridgehead atoms. The third kappa shape index (κ3) is 4.05. The number of hydrogen-bond donors (Lipinski definition) is 8. The predicted molar refractivity (Wildman–Crippen MR) is 139 cm³/mol. The molecule has 2 saturated heterocycles. The lowest BCUT2D eigenvalue weighted by molar-refractivity contribution is -0.342. The van der Waals surface area contributed by atoms with Crippen LogP contribution in [0.5, 0.6) is 0 Å². The first-order chi connectivity index (χ1) is 19.2. The van der Waals surface area contributed by atoms with Crippen molar-refractivity contribution in [2.75, 3.05) is 13.2 Å². The van der Waals surface area contributed by atoms with Gasteiger partial charge in [-0.2, -0.15) is 0 Å². The Balaban J connectivity index is 1.27. The van der Waals surface area contributed by atoms with Crippen LogP contribution in [-0.2, 0) is 19.0 Å². The summed E-state index contributed by atoms with van der Waals surface area (Å²) in [6.07, 6.45) is -7.60. The second kappa shape index (κ2) is 10.0. The molecule has 6 aliphatic rings. The zero-order valence-corrected chi connectivity index (χ0v) is 23.7. The fourth-order valence-electron chi connectivity index (χ4n) is 10.5. The van der Waals surface area contributed by atoms with E-state index in [1.54, 1.807) is 0 Å². The fraction of sp³-hybridized carbons (Fsp3) is 0.966. The van der Waals surface area contributed by atoms with Gasteiger partial charge in [-0.05, 0) is 50.9 Å². The van der Waals surface area contributed by atoms with Gasteiger partial charge in [0.15, 0.2) is 6.29 Å². The molecule has 4 aliphatic carbocycles. The zero-order valence-electron chi connectivity index (χ0n) is 23.7. The Morgan fingerprint density at radius 3 is 2.34 bits per heavy atom. The highest BCUT2D eigenvalue weighted by atomic mass is 16.7. The molecule has 6 fully saturated rings. The topological polar surface area (TPSA) is 207 Å². The first kappa shape index (κ1) is 30.1. The van der Waals surface area contributed by atoms with Crippen molar-refractivity contribution in [3.05, 3.63) is 0 Å². The summed E-state index contributed by atoms with van der Waals surface area (Å²) in [5, 5.41) is 89.7. The van der Waals surface area contributed by atoms with Gasteiger partial charge < -0.3 is 55.1 Å². The first-order valence-electron chi connectivity index (χ1n) is 15.1. The smallest absolute Gasteiger partial charge is 0.306 e. The summed E-state index contributed by atoms with van der Waals surface area (Å²) in [6.45, 7) is 3.20. The van der Waals surface area contributed by atoms with E-state index < -0.39 is 89.5 Å². The minimum absolute atomic E-state index is 0.0278. The van der Waals surface area contributed by atoms with Crippen molar-refractivity contribution < 1.29 is 59.9 Å². The van der Waals surface area contributed by atoms with Crippen molar-refractivity contribution in [1.82, 2.24) is 0 Å². The minimum atomic E-state index is -1.66. The minimum Gasteiger partial charge on any atom is -0.465 e. The molecule has 1 unspecified atom stereocenters. The Kier molecular flexibility index (Phi) is 7.38. The molecule has 2 heterocycles. The Bertz CT molecular complexity index is 1030. The summed E-state index contributed by atoms with van der Waals surface area (Å²) in [4.78, 5) is 11.9. The molecule has 4 saturated carbocycles. The summed E-state index contributed by atoms with van der Waals surface area (Å²) in [5.74, 6) is -1.63. The Morgan fingerprint density at radius 1 is 0.976 bits per heavy atom. The largest absolute Gasteiger partial charge is 0.465 e. The van der Waals surface area contributed by atoms with Crippen LogP contribution in [-0.4, -0.2) is 120 Å². The Morgan fingerprint density at radius 2 is 1.68 bits per heavy atom. The first-order valence-corrected chi connectivity index (χ1v) is 15.1. The molecule has 41 heavy (non-hydrogen) atoms. The standard InChI is InChI=1S/C29H46O12/c1-13-22(34)23(35)24(36)25(40-13)41-15-8-19(32)28(12-30)21-17(3-5-27(28,37)9-15)29(38)6-4-16(14-7-20(33)39-11-14)26(29,2)10-18(21)31/h13-19,21-25,30-32,34-38H,3-12H2,1-2H3/t13-,14?,15-,16+,17+,18+,19+,21+,22-,23+,24+,25-,26+,27-,28+,29-/m0/s1. The van der Waals surface area contributed by atoms with E-state index in [4.69, 9.17) is 14.2 Å². The average molecular weight is 587 g/mol.